The van der Waals surface area contributed by atoms with Gasteiger partial charge in [-0.25, -0.2) is 0 Å². The van der Waals surface area contributed by atoms with Gasteiger partial charge in [-0.3, -0.25) is 9.13 Å². The van der Waals surface area contributed by atoms with Crippen molar-refractivity contribution in [2.24, 2.45) is 5.92 Å². The Morgan fingerprint density at radius 2 is 1.48 bits per heavy atom. The number of halogens is 1. The van der Waals surface area contributed by atoms with E-state index in [4.69, 9.17) is 0 Å². The molecule has 0 saturated carbocycles. The molecule has 1 aliphatic heterocycles. The lowest BCUT2D eigenvalue weighted by Gasteiger charge is -2.50. The van der Waals surface area contributed by atoms with Gasteiger partial charge in [0, 0.05) is 12.3 Å². The fraction of sp³-hybridized carbons (Fsp3) is 1.00. The van der Waals surface area contributed by atoms with Crippen molar-refractivity contribution in [2.75, 3.05) is 19.6 Å². The minimum Gasteiger partial charge on any atom is -1.00 e. The van der Waals surface area contributed by atoms with Crippen LogP contribution in [-0.2, 0) is 9.13 Å². The summed E-state index contributed by atoms with van der Waals surface area (Å²) in [6, 6.07) is -0.108. The second-order valence-electron chi connectivity index (χ2n) is 6.43. The van der Waals surface area contributed by atoms with Crippen molar-refractivity contribution in [3.05, 3.63) is 0 Å². The average Bonchev–Trinajstić information content (AvgIpc) is 2.42. The summed E-state index contributed by atoms with van der Waals surface area (Å²) in [5.74, 6) is 0.569. The summed E-state index contributed by atoms with van der Waals surface area (Å²) >= 11 is 0. The Balaban J connectivity index is 0.00000484. The molecule has 140 valence electrons. The summed E-state index contributed by atoms with van der Waals surface area (Å²) in [6.45, 7) is 8.76. The highest BCUT2D eigenvalue weighted by Gasteiger charge is 2.49. The predicted octanol–water partition coefficient (Wildman–Crippen LogP) is -0.893. The molecule has 1 heterocycles. The lowest BCUT2D eigenvalue weighted by molar-refractivity contribution is -0.956. The molecule has 0 aromatic heterocycles. The van der Waals surface area contributed by atoms with Gasteiger partial charge in [0.1, 0.15) is 0 Å². The molecule has 0 aromatic rings. The third-order valence-electron chi connectivity index (χ3n) is 5.40. The summed E-state index contributed by atoms with van der Waals surface area (Å²) in [4.78, 5) is 37.5. The Morgan fingerprint density at radius 3 is 1.83 bits per heavy atom. The number of hydrogen-bond acceptors (Lipinski definition) is 2. The van der Waals surface area contributed by atoms with E-state index in [-0.39, 0.29) is 24.9 Å². The van der Waals surface area contributed by atoms with Crippen molar-refractivity contribution in [1.82, 2.24) is 0 Å². The smallest absolute Gasteiger partial charge is 0.340 e. The van der Waals surface area contributed by atoms with Gasteiger partial charge in [0.25, 0.3) is 0 Å². The molecule has 1 saturated heterocycles. The molecule has 7 nitrogen and oxygen atoms in total. The maximum Gasteiger partial charge on any atom is 0.340 e. The van der Waals surface area contributed by atoms with Crippen molar-refractivity contribution < 1.29 is 45.6 Å². The van der Waals surface area contributed by atoms with Crippen LogP contribution in [0.1, 0.15) is 46.5 Å². The van der Waals surface area contributed by atoms with E-state index in [0.29, 0.717) is 10.4 Å². The van der Waals surface area contributed by atoms with Crippen LogP contribution in [0.4, 0.5) is 0 Å². The van der Waals surface area contributed by atoms with E-state index in [0.717, 1.165) is 38.9 Å². The van der Waals surface area contributed by atoms with Gasteiger partial charge in [0.15, 0.2) is 5.40 Å². The van der Waals surface area contributed by atoms with E-state index in [1.807, 2.05) is 13.8 Å². The quantitative estimate of drug-likeness (QED) is 0.329. The molecule has 10 heteroatoms. The normalized spacial score (nSPS) is 25.2. The predicted molar refractivity (Wildman–Crippen MR) is 85.5 cm³/mol. The Kier molecular flexibility index (Phi) is 8.98. The SMILES string of the molecule is CCC1CCC(CC(P(=O)(O)O)P(=O)(O)O)[N+](CC)(CC)C1.[Cl-]. The van der Waals surface area contributed by atoms with Gasteiger partial charge in [-0.1, -0.05) is 6.92 Å². The van der Waals surface area contributed by atoms with Crippen LogP contribution in [0.5, 0.6) is 0 Å². The first-order chi connectivity index (χ1) is 10.00. The Morgan fingerprint density at radius 1 is 1.00 bits per heavy atom. The number of likely N-dealkylation sites (tertiary alicyclic amines) is 1. The largest absolute Gasteiger partial charge is 1.00 e. The number of quaternary nitrogens is 1. The van der Waals surface area contributed by atoms with E-state index in [2.05, 4.69) is 6.92 Å². The molecule has 0 bridgehead atoms. The van der Waals surface area contributed by atoms with Gasteiger partial charge < -0.3 is 36.5 Å². The highest BCUT2D eigenvalue weighted by Crippen LogP contribution is 2.62. The molecular formula is C13H30ClNO6P2. The third kappa shape index (κ3) is 5.79. The van der Waals surface area contributed by atoms with E-state index in [9.17, 15) is 28.7 Å². The minimum atomic E-state index is -4.84. The van der Waals surface area contributed by atoms with Crippen LogP contribution >= 0.6 is 15.2 Å². The van der Waals surface area contributed by atoms with Gasteiger partial charge in [-0.05, 0) is 33.1 Å². The second-order valence-corrected chi connectivity index (χ2v) is 10.4. The molecule has 4 N–H and O–H groups in total. The van der Waals surface area contributed by atoms with Gasteiger partial charge in [-0.2, -0.15) is 0 Å². The van der Waals surface area contributed by atoms with Crippen molar-refractivity contribution >= 4 is 15.2 Å². The fourth-order valence-electron chi connectivity index (χ4n) is 3.84. The molecule has 0 amide bonds. The third-order valence-corrected chi connectivity index (χ3v) is 9.18. The number of hydrogen-bond donors (Lipinski definition) is 4. The summed E-state index contributed by atoms with van der Waals surface area (Å²) < 4.78 is 23.8. The summed E-state index contributed by atoms with van der Waals surface area (Å²) in [6.07, 6.45) is 2.66. The zero-order valence-corrected chi connectivity index (χ0v) is 16.6. The molecule has 1 fully saturated rings. The van der Waals surface area contributed by atoms with Gasteiger partial charge >= 0.3 is 15.2 Å². The van der Waals surface area contributed by atoms with Crippen molar-refractivity contribution in [3.8, 4) is 0 Å². The van der Waals surface area contributed by atoms with Crippen LogP contribution < -0.4 is 12.4 Å². The summed E-state index contributed by atoms with van der Waals surface area (Å²) in [5, 5.41) is -1.88. The highest BCUT2D eigenvalue weighted by molar-refractivity contribution is 7.70. The van der Waals surface area contributed by atoms with Crippen molar-refractivity contribution in [2.45, 2.75) is 57.9 Å². The molecule has 2 unspecified atom stereocenters. The van der Waals surface area contributed by atoms with Crippen LogP contribution in [0.2, 0.25) is 0 Å². The first kappa shape index (κ1) is 23.5. The lowest BCUT2D eigenvalue weighted by Crippen LogP contribution is -3.00. The lowest BCUT2D eigenvalue weighted by atomic mass is 9.87. The summed E-state index contributed by atoms with van der Waals surface area (Å²) in [7, 11) is -9.67. The van der Waals surface area contributed by atoms with E-state index in [1.165, 1.54) is 0 Å². The first-order valence-electron chi connectivity index (χ1n) is 7.96. The molecule has 2 atom stereocenters. The zero-order chi connectivity index (χ0) is 17.2. The Labute approximate surface area is 144 Å². The monoisotopic (exact) mass is 393 g/mol. The molecule has 1 aliphatic rings. The molecule has 23 heavy (non-hydrogen) atoms. The number of nitrogens with zero attached hydrogens (tertiary/aromatic N) is 1. The molecule has 0 spiro atoms. The van der Waals surface area contributed by atoms with Crippen LogP contribution in [0.3, 0.4) is 0 Å². The molecule has 1 rings (SSSR count). The maximum absolute atomic E-state index is 11.6. The fourth-order valence-corrected chi connectivity index (χ4v) is 6.45. The average molecular weight is 394 g/mol. The van der Waals surface area contributed by atoms with Crippen LogP contribution in [0.15, 0.2) is 0 Å². The minimum absolute atomic E-state index is 0. The second kappa shape index (κ2) is 8.77. The van der Waals surface area contributed by atoms with E-state index < -0.39 is 20.6 Å². The van der Waals surface area contributed by atoms with Crippen LogP contribution in [0.25, 0.3) is 0 Å². The maximum atomic E-state index is 11.6. The van der Waals surface area contributed by atoms with Gasteiger partial charge in [0.05, 0.1) is 25.7 Å². The zero-order valence-electron chi connectivity index (χ0n) is 14.0. The van der Waals surface area contributed by atoms with Crippen molar-refractivity contribution in [3.63, 3.8) is 0 Å². The topological polar surface area (TPSA) is 115 Å². The molecule has 0 radical (unpaired) electrons. The Bertz CT molecular complexity index is 439. The standard InChI is InChI=1S/C13H29NO6P2.ClH/c1-4-11-7-8-12(14(5-2,6-3)10-11)9-13(21(15,16)17)22(18,19)20;/h11-13H,4-10H2,1-3H3,(H3-,15,16,17,18,19,20);1H. The highest BCUT2D eigenvalue weighted by atomic mass is 35.5. The number of piperidine rings is 1. The first-order valence-corrected chi connectivity index (χ1v) is 11.3. The van der Waals surface area contributed by atoms with Crippen LogP contribution in [-0.4, -0.2) is 55.1 Å². The van der Waals surface area contributed by atoms with Gasteiger partial charge in [-0.15, -0.1) is 0 Å². The van der Waals surface area contributed by atoms with Gasteiger partial charge in [0.2, 0.25) is 0 Å². The molecule has 0 aromatic carbocycles. The summed E-state index contributed by atoms with van der Waals surface area (Å²) in [5.41, 5.74) is 0. The number of rotatable bonds is 7. The van der Waals surface area contributed by atoms with E-state index >= 15 is 0 Å². The van der Waals surface area contributed by atoms with Crippen LogP contribution in [0, 0.1) is 5.92 Å². The molecule has 0 aliphatic carbocycles. The molecular weight excluding hydrogens is 364 g/mol. The van der Waals surface area contributed by atoms with Crippen molar-refractivity contribution in [1.29, 1.82) is 0 Å². The van der Waals surface area contributed by atoms with E-state index in [1.54, 1.807) is 0 Å². The Hall–Kier alpha value is 0.550.